The summed E-state index contributed by atoms with van der Waals surface area (Å²) in [6.07, 6.45) is 7.59. The maximum absolute atomic E-state index is 12.1. The van der Waals surface area contributed by atoms with Crippen LogP contribution in [0, 0.1) is 19.8 Å². The van der Waals surface area contributed by atoms with Crippen molar-refractivity contribution in [3.63, 3.8) is 0 Å². The predicted molar refractivity (Wildman–Crippen MR) is 91.7 cm³/mol. The first-order valence-corrected chi connectivity index (χ1v) is 8.41. The highest BCUT2D eigenvalue weighted by atomic mass is 16.1. The van der Waals surface area contributed by atoms with Crippen LogP contribution >= 0.6 is 0 Å². The van der Waals surface area contributed by atoms with Crippen molar-refractivity contribution in [2.75, 3.05) is 24.5 Å². The Hall–Kier alpha value is -2.44. The van der Waals surface area contributed by atoms with E-state index in [-0.39, 0.29) is 5.91 Å². The molecule has 1 amide bonds. The molecule has 0 unspecified atom stereocenters. The molecule has 0 spiro atoms. The molecule has 0 aromatic carbocycles. The standard InChI is InChI=1S/C17H24N6O/c1-13-18-6-5-16(21-13)23-8-3-4-15(11-23)10-20-17(24)12-22-9-7-19-14(22)2/h5-7,9,15H,3-4,8,10-12H2,1-2H3,(H,20,24)/t15-/m1/s1. The first-order valence-electron chi connectivity index (χ1n) is 8.41. The van der Waals surface area contributed by atoms with E-state index in [0.29, 0.717) is 19.0 Å². The van der Waals surface area contributed by atoms with Crippen molar-refractivity contribution in [1.29, 1.82) is 0 Å². The minimum absolute atomic E-state index is 0.0334. The molecule has 3 rings (SSSR count). The summed E-state index contributed by atoms with van der Waals surface area (Å²) >= 11 is 0. The van der Waals surface area contributed by atoms with E-state index in [0.717, 1.165) is 43.4 Å². The SMILES string of the molecule is Cc1nccc(N2CCC[C@H](CNC(=O)Cn3ccnc3C)C2)n1. The van der Waals surface area contributed by atoms with Crippen molar-refractivity contribution in [2.24, 2.45) is 5.92 Å². The average molecular weight is 328 g/mol. The molecule has 1 aliphatic rings. The normalized spacial score (nSPS) is 17.8. The highest BCUT2D eigenvalue weighted by Gasteiger charge is 2.21. The first kappa shape index (κ1) is 16.4. The number of hydrogen-bond acceptors (Lipinski definition) is 5. The van der Waals surface area contributed by atoms with Crippen molar-refractivity contribution in [1.82, 2.24) is 24.8 Å². The van der Waals surface area contributed by atoms with Crippen LogP contribution in [0.25, 0.3) is 0 Å². The van der Waals surface area contributed by atoms with E-state index in [1.54, 1.807) is 12.4 Å². The number of carbonyl (C=O) groups is 1. The van der Waals surface area contributed by atoms with Gasteiger partial charge in [-0.05, 0) is 38.7 Å². The van der Waals surface area contributed by atoms with Crippen LogP contribution in [0.3, 0.4) is 0 Å². The zero-order chi connectivity index (χ0) is 16.9. The summed E-state index contributed by atoms with van der Waals surface area (Å²) in [4.78, 5) is 27.2. The Kier molecular flexibility index (Phi) is 5.08. The van der Waals surface area contributed by atoms with Crippen LogP contribution in [-0.4, -0.2) is 45.1 Å². The molecule has 0 bridgehead atoms. The average Bonchev–Trinajstić information content (AvgIpc) is 2.98. The summed E-state index contributed by atoms with van der Waals surface area (Å²) in [5.41, 5.74) is 0. The lowest BCUT2D eigenvalue weighted by atomic mass is 9.98. The van der Waals surface area contributed by atoms with Crippen LogP contribution in [0.4, 0.5) is 5.82 Å². The minimum atomic E-state index is 0.0334. The predicted octanol–water partition coefficient (Wildman–Crippen LogP) is 1.32. The molecular weight excluding hydrogens is 304 g/mol. The van der Waals surface area contributed by atoms with Gasteiger partial charge in [-0.3, -0.25) is 4.79 Å². The van der Waals surface area contributed by atoms with E-state index < -0.39 is 0 Å². The van der Waals surface area contributed by atoms with E-state index in [1.165, 1.54) is 0 Å². The third-order valence-corrected chi connectivity index (χ3v) is 4.43. The van der Waals surface area contributed by atoms with Gasteiger partial charge in [-0.1, -0.05) is 0 Å². The molecule has 7 heteroatoms. The number of rotatable bonds is 5. The lowest BCUT2D eigenvalue weighted by Gasteiger charge is -2.33. The van der Waals surface area contributed by atoms with Crippen molar-refractivity contribution in [3.05, 3.63) is 36.3 Å². The Morgan fingerprint density at radius 1 is 1.33 bits per heavy atom. The van der Waals surface area contributed by atoms with Crippen LogP contribution in [0.2, 0.25) is 0 Å². The van der Waals surface area contributed by atoms with E-state index in [9.17, 15) is 4.79 Å². The van der Waals surface area contributed by atoms with Crippen molar-refractivity contribution < 1.29 is 4.79 Å². The molecule has 3 heterocycles. The second-order valence-corrected chi connectivity index (χ2v) is 6.32. The van der Waals surface area contributed by atoms with Crippen LogP contribution in [0.15, 0.2) is 24.7 Å². The minimum Gasteiger partial charge on any atom is -0.356 e. The number of hydrogen-bond donors (Lipinski definition) is 1. The molecular formula is C17H24N6O. The number of carbonyl (C=O) groups excluding carboxylic acids is 1. The third-order valence-electron chi connectivity index (χ3n) is 4.43. The summed E-state index contributed by atoms with van der Waals surface area (Å²) in [7, 11) is 0. The molecule has 2 aromatic heterocycles. The molecule has 2 aromatic rings. The summed E-state index contributed by atoms with van der Waals surface area (Å²) in [6, 6.07) is 1.95. The van der Waals surface area contributed by atoms with Crippen LogP contribution in [-0.2, 0) is 11.3 Å². The molecule has 7 nitrogen and oxygen atoms in total. The van der Waals surface area contributed by atoms with Gasteiger partial charge in [0.05, 0.1) is 0 Å². The third kappa shape index (κ3) is 4.10. The summed E-state index contributed by atoms with van der Waals surface area (Å²) in [6.45, 7) is 6.76. The molecule has 1 atom stereocenters. The van der Waals surface area contributed by atoms with Gasteiger partial charge in [0.15, 0.2) is 0 Å². The quantitative estimate of drug-likeness (QED) is 0.896. The number of anilines is 1. The number of imidazole rings is 1. The molecule has 0 aliphatic carbocycles. The highest BCUT2D eigenvalue weighted by molar-refractivity contribution is 5.75. The van der Waals surface area contributed by atoms with Crippen molar-refractivity contribution >= 4 is 11.7 Å². The first-order chi connectivity index (χ1) is 11.6. The number of amides is 1. The molecule has 1 aliphatic heterocycles. The Balaban J connectivity index is 1.50. The summed E-state index contributed by atoms with van der Waals surface area (Å²) in [5.74, 6) is 3.10. The monoisotopic (exact) mass is 328 g/mol. The molecule has 0 radical (unpaired) electrons. The highest BCUT2D eigenvalue weighted by Crippen LogP contribution is 2.21. The van der Waals surface area contributed by atoms with Gasteiger partial charge in [-0.25, -0.2) is 15.0 Å². The summed E-state index contributed by atoms with van der Waals surface area (Å²) < 4.78 is 1.85. The van der Waals surface area contributed by atoms with Crippen molar-refractivity contribution in [2.45, 2.75) is 33.2 Å². The smallest absolute Gasteiger partial charge is 0.239 e. The van der Waals surface area contributed by atoms with Gasteiger partial charge in [0, 0.05) is 38.2 Å². The fraction of sp³-hybridized carbons (Fsp3) is 0.529. The van der Waals surface area contributed by atoms with E-state index in [1.807, 2.05) is 30.7 Å². The Morgan fingerprint density at radius 3 is 2.96 bits per heavy atom. The summed E-state index contributed by atoms with van der Waals surface area (Å²) in [5, 5.41) is 3.05. The number of nitrogens with one attached hydrogen (secondary N) is 1. The zero-order valence-corrected chi connectivity index (χ0v) is 14.3. The molecule has 1 fully saturated rings. The van der Waals surface area contributed by atoms with Gasteiger partial charge < -0.3 is 14.8 Å². The number of aryl methyl sites for hydroxylation is 2. The van der Waals surface area contributed by atoms with Gasteiger partial charge in [0.25, 0.3) is 0 Å². The van der Waals surface area contributed by atoms with Gasteiger partial charge in [-0.15, -0.1) is 0 Å². The molecule has 1 saturated heterocycles. The second kappa shape index (κ2) is 7.42. The molecule has 24 heavy (non-hydrogen) atoms. The van der Waals surface area contributed by atoms with Gasteiger partial charge in [0.1, 0.15) is 24.0 Å². The maximum atomic E-state index is 12.1. The topological polar surface area (TPSA) is 75.9 Å². The number of piperidine rings is 1. The van der Waals surface area contributed by atoms with E-state index in [2.05, 4.69) is 25.2 Å². The Bertz CT molecular complexity index is 698. The van der Waals surface area contributed by atoms with Crippen LogP contribution in [0.1, 0.15) is 24.5 Å². The number of nitrogens with zero attached hydrogens (tertiary/aromatic N) is 5. The zero-order valence-electron chi connectivity index (χ0n) is 14.3. The second-order valence-electron chi connectivity index (χ2n) is 6.32. The van der Waals surface area contributed by atoms with Crippen LogP contribution < -0.4 is 10.2 Å². The largest absolute Gasteiger partial charge is 0.356 e. The van der Waals surface area contributed by atoms with Gasteiger partial charge >= 0.3 is 0 Å². The van der Waals surface area contributed by atoms with E-state index >= 15 is 0 Å². The van der Waals surface area contributed by atoms with E-state index in [4.69, 9.17) is 0 Å². The lowest BCUT2D eigenvalue weighted by Crippen LogP contribution is -2.42. The molecule has 128 valence electrons. The Morgan fingerprint density at radius 2 is 2.21 bits per heavy atom. The van der Waals surface area contributed by atoms with Crippen molar-refractivity contribution in [3.8, 4) is 0 Å². The van der Waals surface area contributed by atoms with Crippen LogP contribution in [0.5, 0.6) is 0 Å². The Labute approximate surface area is 142 Å². The molecule has 1 N–H and O–H groups in total. The fourth-order valence-corrected chi connectivity index (χ4v) is 3.10. The number of aromatic nitrogens is 4. The molecule has 0 saturated carbocycles. The fourth-order valence-electron chi connectivity index (χ4n) is 3.10. The van der Waals surface area contributed by atoms with Gasteiger partial charge in [-0.2, -0.15) is 0 Å². The maximum Gasteiger partial charge on any atom is 0.239 e. The van der Waals surface area contributed by atoms with Gasteiger partial charge in [0.2, 0.25) is 5.91 Å². The lowest BCUT2D eigenvalue weighted by molar-refractivity contribution is -0.121.